The lowest BCUT2D eigenvalue weighted by Crippen LogP contribution is -2.32. The summed E-state index contributed by atoms with van der Waals surface area (Å²) >= 11 is 1.47. The molecule has 0 radical (unpaired) electrons. The van der Waals surface area contributed by atoms with Crippen LogP contribution < -0.4 is 14.2 Å². The van der Waals surface area contributed by atoms with Gasteiger partial charge in [0.2, 0.25) is 5.91 Å². The minimum absolute atomic E-state index is 0.0437. The van der Waals surface area contributed by atoms with Crippen molar-refractivity contribution < 1.29 is 19.0 Å². The number of carbonyl (C=O) groups excluding carboxylic acids is 1. The smallest absolute Gasteiger partial charge is 0.242 e. The average molecular weight is 502 g/mol. The molecule has 7 nitrogen and oxygen atoms in total. The molecule has 1 amide bonds. The van der Waals surface area contributed by atoms with Crippen molar-refractivity contribution >= 4 is 28.5 Å². The van der Waals surface area contributed by atoms with E-state index in [9.17, 15) is 10.1 Å². The molecule has 0 aliphatic carbocycles. The van der Waals surface area contributed by atoms with Gasteiger partial charge >= 0.3 is 0 Å². The molecule has 1 saturated heterocycles. The van der Waals surface area contributed by atoms with Crippen molar-refractivity contribution in [2.24, 2.45) is 4.99 Å². The molecule has 1 atom stereocenters. The number of nitrogens with zero attached hydrogens (tertiary/aromatic N) is 3. The van der Waals surface area contributed by atoms with Crippen LogP contribution in [0.4, 0.5) is 5.69 Å². The van der Waals surface area contributed by atoms with Crippen molar-refractivity contribution in [2.45, 2.75) is 25.2 Å². The zero-order chi connectivity index (χ0) is 25.5. The largest absolute Gasteiger partial charge is 0.497 e. The molecule has 8 heteroatoms. The minimum Gasteiger partial charge on any atom is -0.497 e. The molecule has 184 valence electrons. The highest BCUT2D eigenvalue weighted by molar-refractivity contribution is 8.15. The van der Waals surface area contributed by atoms with Gasteiger partial charge in [0.25, 0.3) is 0 Å². The van der Waals surface area contributed by atoms with Crippen LogP contribution >= 0.6 is 11.8 Å². The molecule has 1 heterocycles. The van der Waals surface area contributed by atoms with E-state index in [0.29, 0.717) is 35.2 Å². The fourth-order valence-corrected chi connectivity index (χ4v) is 5.13. The van der Waals surface area contributed by atoms with Gasteiger partial charge in [-0.1, -0.05) is 36.0 Å². The van der Waals surface area contributed by atoms with Crippen LogP contribution in [0.25, 0.3) is 0 Å². The first-order valence-electron chi connectivity index (χ1n) is 11.5. The first kappa shape index (κ1) is 25.1. The fraction of sp³-hybridized carbons (Fsp3) is 0.250. The van der Waals surface area contributed by atoms with Crippen LogP contribution in [0, 0.1) is 11.3 Å². The molecule has 1 fully saturated rings. The van der Waals surface area contributed by atoms with Gasteiger partial charge in [-0.05, 0) is 61.4 Å². The second-order valence-corrected chi connectivity index (χ2v) is 9.20. The van der Waals surface area contributed by atoms with Crippen LogP contribution in [0.5, 0.6) is 17.2 Å². The average Bonchev–Trinajstić information content (AvgIpc) is 3.21. The summed E-state index contributed by atoms with van der Waals surface area (Å²) in [5.41, 5.74) is 3.12. The Morgan fingerprint density at radius 2 is 1.81 bits per heavy atom. The molecular formula is C28H27N3O4S. The second-order valence-electron chi connectivity index (χ2n) is 8.03. The van der Waals surface area contributed by atoms with Crippen LogP contribution in [-0.4, -0.2) is 42.0 Å². The van der Waals surface area contributed by atoms with E-state index in [-0.39, 0.29) is 17.8 Å². The Morgan fingerprint density at radius 3 is 2.50 bits per heavy atom. The van der Waals surface area contributed by atoms with E-state index in [2.05, 4.69) is 6.07 Å². The van der Waals surface area contributed by atoms with Crippen molar-refractivity contribution in [3.8, 4) is 23.3 Å². The summed E-state index contributed by atoms with van der Waals surface area (Å²) in [6.07, 6.45) is 0.537. The Bertz CT molecular complexity index is 1300. The standard InChI is InChI=1S/C28H27N3O4S/c1-4-31-27(32)26(36-28(31)30-22-10-12-23(33-2)13-11-22)16-19-9-14-24(25(15-19)34-3)35-18-21-8-6-5-7-20(21)17-29/h5-15,26H,4,16,18H2,1-3H3/t26-/m0/s1. The third kappa shape index (κ3) is 5.64. The molecule has 0 bridgehead atoms. The number of amides is 1. The van der Waals surface area contributed by atoms with Crippen molar-refractivity contribution in [1.82, 2.24) is 4.90 Å². The van der Waals surface area contributed by atoms with E-state index >= 15 is 0 Å². The summed E-state index contributed by atoms with van der Waals surface area (Å²) in [5.74, 6) is 1.96. The number of amidine groups is 1. The van der Waals surface area contributed by atoms with Gasteiger partial charge in [0, 0.05) is 12.1 Å². The van der Waals surface area contributed by atoms with E-state index in [1.54, 1.807) is 25.2 Å². The molecule has 0 saturated carbocycles. The predicted octanol–water partition coefficient (Wildman–Crippen LogP) is 5.35. The Kier molecular flexibility index (Phi) is 8.13. The molecule has 0 N–H and O–H groups in total. The second kappa shape index (κ2) is 11.6. The highest BCUT2D eigenvalue weighted by Crippen LogP contribution is 2.35. The lowest BCUT2D eigenvalue weighted by Gasteiger charge is -2.15. The van der Waals surface area contributed by atoms with Crippen LogP contribution in [0.2, 0.25) is 0 Å². The number of thioether (sulfide) groups is 1. The van der Waals surface area contributed by atoms with Crippen LogP contribution in [0.15, 0.2) is 71.7 Å². The lowest BCUT2D eigenvalue weighted by molar-refractivity contribution is -0.126. The molecule has 0 unspecified atom stereocenters. The van der Waals surface area contributed by atoms with E-state index in [0.717, 1.165) is 22.6 Å². The quantitative estimate of drug-likeness (QED) is 0.393. The molecule has 1 aliphatic rings. The number of hydrogen-bond donors (Lipinski definition) is 0. The van der Waals surface area contributed by atoms with Crippen molar-refractivity contribution in [3.05, 3.63) is 83.4 Å². The maximum absolute atomic E-state index is 13.1. The van der Waals surface area contributed by atoms with E-state index in [1.165, 1.54) is 11.8 Å². The first-order chi connectivity index (χ1) is 17.6. The Labute approximate surface area is 215 Å². The van der Waals surface area contributed by atoms with Gasteiger partial charge in [-0.3, -0.25) is 9.69 Å². The van der Waals surface area contributed by atoms with Crippen LogP contribution in [-0.2, 0) is 17.8 Å². The molecule has 36 heavy (non-hydrogen) atoms. The van der Waals surface area contributed by atoms with Crippen LogP contribution in [0.1, 0.15) is 23.6 Å². The molecule has 0 aromatic heterocycles. The summed E-state index contributed by atoms with van der Waals surface area (Å²) in [4.78, 5) is 19.5. The zero-order valence-corrected chi connectivity index (χ0v) is 21.2. The number of nitriles is 1. The third-order valence-corrected chi connectivity index (χ3v) is 6.98. The predicted molar refractivity (Wildman–Crippen MR) is 141 cm³/mol. The van der Waals surface area contributed by atoms with Gasteiger partial charge in [0.1, 0.15) is 12.4 Å². The summed E-state index contributed by atoms with van der Waals surface area (Å²) in [5, 5.41) is 9.71. The van der Waals surface area contributed by atoms with Gasteiger partial charge < -0.3 is 14.2 Å². The number of hydrogen-bond acceptors (Lipinski definition) is 7. The Hall–Kier alpha value is -3.96. The minimum atomic E-state index is -0.277. The topological polar surface area (TPSA) is 84.2 Å². The van der Waals surface area contributed by atoms with Gasteiger partial charge in [-0.2, -0.15) is 5.26 Å². The highest BCUT2D eigenvalue weighted by atomic mass is 32.2. The molecular weight excluding hydrogens is 474 g/mol. The molecule has 3 aromatic rings. The Morgan fingerprint density at radius 1 is 1.03 bits per heavy atom. The van der Waals surface area contributed by atoms with Crippen molar-refractivity contribution in [2.75, 3.05) is 20.8 Å². The summed E-state index contributed by atoms with van der Waals surface area (Å²) in [7, 11) is 3.21. The summed E-state index contributed by atoms with van der Waals surface area (Å²) < 4.78 is 16.7. The number of benzene rings is 3. The molecule has 1 aliphatic heterocycles. The zero-order valence-electron chi connectivity index (χ0n) is 20.4. The third-order valence-electron chi connectivity index (χ3n) is 5.80. The fourth-order valence-electron chi connectivity index (χ4n) is 3.87. The van der Waals surface area contributed by atoms with Crippen LogP contribution in [0.3, 0.4) is 0 Å². The Balaban J connectivity index is 1.47. The van der Waals surface area contributed by atoms with Gasteiger partial charge in [0.05, 0.1) is 36.8 Å². The monoisotopic (exact) mass is 501 g/mol. The summed E-state index contributed by atoms with van der Waals surface area (Å²) in [6.45, 7) is 2.76. The number of methoxy groups -OCH3 is 2. The molecule has 3 aromatic carbocycles. The van der Waals surface area contributed by atoms with E-state index < -0.39 is 0 Å². The maximum atomic E-state index is 13.1. The number of rotatable bonds is 9. The number of aliphatic imine (C=N–C) groups is 1. The SMILES string of the molecule is CCN1C(=O)[C@H](Cc2ccc(OCc3ccccc3C#N)c(OC)c2)SC1=Nc1ccc(OC)cc1. The number of carbonyl (C=O) groups is 1. The van der Waals surface area contributed by atoms with E-state index in [1.807, 2.05) is 67.6 Å². The van der Waals surface area contributed by atoms with Gasteiger partial charge in [0.15, 0.2) is 16.7 Å². The maximum Gasteiger partial charge on any atom is 0.242 e. The normalized spacial score (nSPS) is 16.2. The van der Waals surface area contributed by atoms with Crippen molar-refractivity contribution in [3.63, 3.8) is 0 Å². The lowest BCUT2D eigenvalue weighted by atomic mass is 10.1. The van der Waals surface area contributed by atoms with Gasteiger partial charge in [-0.25, -0.2) is 4.99 Å². The first-order valence-corrected chi connectivity index (χ1v) is 12.4. The summed E-state index contributed by atoms with van der Waals surface area (Å²) in [6, 6.07) is 22.6. The number of ether oxygens (including phenoxy) is 3. The highest BCUT2D eigenvalue weighted by Gasteiger charge is 2.37. The molecule has 4 rings (SSSR count). The van der Waals surface area contributed by atoms with Crippen molar-refractivity contribution in [1.29, 1.82) is 5.26 Å². The van der Waals surface area contributed by atoms with Gasteiger partial charge in [-0.15, -0.1) is 0 Å². The molecule has 0 spiro atoms. The van der Waals surface area contributed by atoms with E-state index in [4.69, 9.17) is 19.2 Å².